The van der Waals surface area contributed by atoms with Crippen LogP contribution in [-0.4, -0.2) is 40.3 Å². The highest BCUT2D eigenvalue weighted by Crippen LogP contribution is 2.16. The first-order valence-electron chi connectivity index (χ1n) is 6.00. The molecule has 0 aromatic rings. The Balaban J connectivity index is 3.71. The molecule has 1 N–H and O–H groups in total. The number of rotatable bonds is 8. The lowest BCUT2D eigenvalue weighted by molar-refractivity contribution is 0.400. The Morgan fingerprint density at radius 1 is 1.00 bits per heavy atom. The molecule has 14 heavy (non-hydrogen) atoms. The minimum absolute atomic E-state index is 1.06. The fraction of sp³-hybridized carbons (Fsp3) is 1.00. The zero-order chi connectivity index (χ0) is 11.0. The third-order valence-electron chi connectivity index (χ3n) is 3.31. The van der Waals surface area contributed by atoms with Crippen molar-refractivity contribution in [2.24, 2.45) is 0 Å². The van der Waals surface area contributed by atoms with Crippen molar-refractivity contribution in [1.29, 1.82) is 0 Å². The number of hydrogen-bond donors (Lipinski definition) is 1. The maximum atomic E-state index is 3.85. The van der Waals surface area contributed by atoms with Crippen molar-refractivity contribution in [2.75, 3.05) is 27.2 Å². The highest BCUT2D eigenvalue weighted by molar-refractivity contribution is 6.77. The normalized spacial score (nSPS) is 12.4. The Morgan fingerprint density at radius 3 is 1.86 bits per heavy atom. The van der Waals surface area contributed by atoms with Crippen LogP contribution in [0.2, 0.25) is 18.1 Å². The number of nitrogens with zero attached hydrogens (tertiary/aromatic N) is 1. The Morgan fingerprint density at radius 2 is 1.50 bits per heavy atom. The molecule has 0 radical (unpaired) electrons. The van der Waals surface area contributed by atoms with Crippen LogP contribution < -0.4 is 4.98 Å². The Labute approximate surface area is 91.2 Å². The minimum atomic E-state index is -1.06. The third kappa shape index (κ3) is 5.13. The van der Waals surface area contributed by atoms with Gasteiger partial charge in [0.25, 0.3) is 0 Å². The SMILES string of the molecule is CC[Si](CC)(CC)NCCCN(C)C. The van der Waals surface area contributed by atoms with Crippen molar-refractivity contribution >= 4 is 8.24 Å². The monoisotopic (exact) mass is 216 g/mol. The first kappa shape index (κ1) is 14.1. The summed E-state index contributed by atoms with van der Waals surface area (Å²) >= 11 is 0. The Kier molecular flexibility index (Phi) is 7.50. The van der Waals surface area contributed by atoms with Gasteiger partial charge in [0.1, 0.15) is 8.24 Å². The Bertz CT molecular complexity index is 125. The zero-order valence-corrected chi connectivity index (χ0v) is 11.7. The maximum Gasteiger partial charge on any atom is 0.124 e. The molecule has 0 spiro atoms. The van der Waals surface area contributed by atoms with Gasteiger partial charge in [-0.3, -0.25) is 0 Å². The van der Waals surface area contributed by atoms with Crippen LogP contribution in [0.15, 0.2) is 0 Å². The molecule has 0 aliphatic rings. The van der Waals surface area contributed by atoms with E-state index in [-0.39, 0.29) is 0 Å². The first-order chi connectivity index (χ1) is 6.60. The van der Waals surface area contributed by atoms with E-state index in [0.717, 1.165) is 0 Å². The van der Waals surface area contributed by atoms with Crippen LogP contribution >= 0.6 is 0 Å². The molecule has 0 heterocycles. The predicted molar refractivity (Wildman–Crippen MR) is 68.4 cm³/mol. The molecule has 0 unspecified atom stereocenters. The van der Waals surface area contributed by atoms with Crippen LogP contribution in [0, 0.1) is 0 Å². The predicted octanol–water partition coefficient (Wildman–Crippen LogP) is 2.53. The van der Waals surface area contributed by atoms with E-state index < -0.39 is 8.24 Å². The van der Waals surface area contributed by atoms with Crippen molar-refractivity contribution in [3.8, 4) is 0 Å². The molecule has 0 aromatic heterocycles. The van der Waals surface area contributed by atoms with Gasteiger partial charge in [0.15, 0.2) is 0 Å². The molecule has 2 nitrogen and oxygen atoms in total. The van der Waals surface area contributed by atoms with Crippen molar-refractivity contribution in [2.45, 2.75) is 45.3 Å². The summed E-state index contributed by atoms with van der Waals surface area (Å²) in [5.41, 5.74) is 0. The van der Waals surface area contributed by atoms with E-state index in [1.54, 1.807) is 0 Å². The van der Waals surface area contributed by atoms with Crippen molar-refractivity contribution < 1.29 is 0 Å². The van der Waals surface area contributed by atoms with E-state index in [0.29, 0.717) is 0 Å². The van der Waals surface area contributed by atoms with Gasteiger partial charge in [-0.25, -0.2) is 0 Å². The lowest BCUT2D eigenvalue weighted by atomic mass is 10.4. The molecule has 3 heteroatoms. The first-order valence-corrected chi connectivity index (χ1v) is 8.62. The quantitative estimate of drug-likeness (QED) is 0.495. The van der Waals surface area contributed by atoms with Gasteiger partial charge in [-0.15, -0.1) is 0 Å². The highest BCUT2D eigenvalue weighted by Gasteiger charge is 2.25. The molecule has 0 aliphatic carbocycles. The largest absolute Gasteiger partial charge is 0.337 e. The third-order valence-corrected chi connectivity index (χ3v) is 8.37. The van der Waals surface area contributed by atoms with Crippen LogP contribution in [0.1, 0.15) is 27.2 Å². The van der Waals surface area contributed by atoms with Crippen LogP contribution in [0.25, 0.3) is 0 Å². The average Bonchev–Trinajstić information content (AvgIpc) is 2.19. The van der Waals surface area contributed by atoms with E-state index in [2.05, 4.69) is 44.7 Å². The van der Waals surface area contributed by atoms with Crippen LogP contribution in [-0.2, 0) is 0 Å². The second-order valence-corrected chi connectivity index (χ2v) is 9.46. The van der Waals surface area contributed by atoms with Gasteiger partial charge >= 0.3 is 0 Å². The summed E-state index contributed by atoms with van der Waals surface area (Å²) in [6.45, 7) is 9.45. The van der Waals surface area contributed by atoms with Gasteiger partial charge in [0, 0.05) is 0 Å². The summed E-state index contributed by atoms with van der Waals surface area (Å²) in [6, 6.07) is 4.13. The fourth-order valence-corrected chi connectivity index (χ4v) is 4.83. The van der Waals surface area contributed by atoms with Crippen LogP contribution in [0.5, 0.6) is 0 Å². The topological polar surface area (TPSA) is 15.3 Å². The molecular formula is C11H28N2Si. The van der Waals surface area contributed by atoms with E-state index in [1.807, 2.05) is 0 Å². The summed E-state index contributed by atoms with van der Waals surface area (Å²) in [6.07, 6.45) is 1.28. The second-order valence-electron chi connectivity index (χ2n) is 4.42. The molecule has 0 saturated heterocycles. The lowest BCUT2D eigenvalue weighted by Crippen LogP contribution is -2.49. The van der Waals surface area contributed by atoms with E-state index >= 15 is 0 Å². The van der Waals surface area contributed by atoms with Gasteiger partial charge in [0.05, 0.1) is 0 Å². The maximum absolute atomic E-state index is 3.85. The fourth-order valence-electron chi connectivity index (χ4n) is 1.87. The summed E-state index contributed by atoms with van der Waals surface area (Å²) in [5.74, 6) is 0. The minimum Gasteiger partial charge on any atom is -0.337 e. The number of hydrogen-bond acceptors (Lipinski definition) is 2. The molecule has 0 aromatic carbocycles. The summed E-state index contributed by atoms with van der Waals surface area (Å²) < 4.78 is 0. The molecule has 0 atom stereocenters. The van der Waals surface area contributed by atoms with E-state index in [9.17, 15) is 0 Å². The molecule has 0 aliphatic heterocycles. The number of nitrogens with one attached hydrogen (secondary N) is 1. The zero-order valence-electron chi connectivity index (χ0n) is 10.7. The van der Waals surface area contributed by atoms with Gasteiger partial charge in [-0.2, -0.15) is 0 Å². The standard InChI is InChI=1S/C11H28N2Si/c1-6-14(7-2,8-3)12-10-9-11-13(4)5/h12H,6-11H2,1-5H3. The molecule has 0 saturated carbocycles. The molecule has 0 bridgehead atoms. The molecular weight excluding hydrogens is 188 g/mol. The van der Waals surface area contributed by atoms with Gasteiger partial charge in [-0.05, 0) is 51.7 Å². The van der Waals surface area contributed by atoms with Crippen molar-refractivity contribution in [3.05, 3.63) is 0 Å². The van der Waals surface area contributed by atoms with E-state index in [4.69, 9.17) is 0 Å². The van der Waals surface area contributed by atoms with E-state index in [1.165, 1.54) is 37.6 Å². The highest BCUT2D eigenvalue weighted by atomic mass is 28.3. The summed E-state index contributed by atoms with van der Waals surface area (Å²) in [7, 11) is 3.23. The lowest BCUT2D eigenvalue weighted by Gasteiger charge is -2.29. The average molecular weight is 216 g/mol. The smallest absolute Gasteiger partial charge is 0.124 e. The Hall–Kier alpha value is 0.137. The van der Waals surface area contributed by atoms with Crippen molar-refractivity contribution in [3.63, 3.8) is 0 Å². The van der Waals surface area contributed by atoms with Crippen LogP contribution in [0.3, 0.4) is 0 Å². The van der Waals surface area contributed by atoms with Gasteiger partial charge in [0.2, 0.25) is 0 Å². The molecule has 86 valence electrons. The molecule has 0 amide bonds. The summed E-state index contributed by atoms with van der Waals surface area (Å²) in [4.78, 5) is 6.11. The van der Waals surface area contributed by atoms with Gasteiger partial charge in [-0.1, -0.05) is 20.8 Å². The van der Waals surface area contributed by atoms with Crippen molar-refractivity contribution in [1.82, 2.24) is 9.88 Å². The summed E-state index contributed by atoms with van der Waals surface area (Å²) in [5, 5.41) is 0. The second kappa shape index (κ2) is 7.43. The molecule has 0 rings (SSSR count). The van der Waals surface area contributed by atoms with Gasteiger partial charge < -0.3 is 9.88 Å². The molecule has 0 fully saturated rings. The van der Waals surface area contributed by atoms with Crippen LogP contribution in [0.4, 0.5) is 0 Å².